The molecular weight excluding hydrogens is 384 g/mol. The Labute approximate surface area is 167 Å². The molecule has 140 valence electrons. The highest BCUT2D eigenvalue weighted by Gasteiger charge is 2.13. The molecule has 0 saturated carbocycles. The van der Waals surface area contributed by atoms with Crippen molar-refractivity contribution >= 4 is 45.9 Å². The predicted molar refractivity (Wildman–Crippen MR) is 110 cm³/mol. The Kier molecular flexibility index (Phi) is 6.08. The summed E-state index contributed by atoms with van der Waals surface area (Å²) in [5.41, 5.74) is 2.56. The number of pyridine rings is 1. The van der Waals surface area contributed by atoms with Crippen LogP contribution in [-0.2, 0) is 4.79 Å². The van der Waals surface area contributed by atoms with Crippen LogP contribution < -0.4 is 14.8 Å². The number of amides is 1. The van der Waals surface area contributed by atoms with E-state index < -0.39 is 0 Å². The summed E-state index contributed by atoms with van der Waals surface area (Å²) in [5, 5.41) is 5.17. The topological polar surface area (TPSA) is 60.5 Å². The fourth-order valence-electron chi connectivity index (χ4n) is 2.68. The van der Waals surface area contributed by atoms with Gasteiger partial charge in [-0.3, -0.25) is 4.79 Å². The zero-order valence-corrected chi connectivity index (χ0v) is 16.8. The van der Waals surface area contributed by atoms with Crippen LogP contribution >= 0.6 is 23.4 Å². The second kappa shape index (κ2) is 8.50. The summed E-state index contributed by atoms with van der Waals surface area (Å²) in [6.07, 6.45) is 0. The van der Waals surface area contributed by atoms with Gasteiger partial charge in [-0.05, 0) is 24.6 Å². The number of benzene rings is 2. The number of ether oxygens (including phenoxy) is 2. The molecule has 3 aromatic rings. The van der Waals surface area contributed by atoms with Crippen molar-refractivity contribution < 1.29 is 14.3 Å². The molecule has 1 aromatic heterocycles. The van der Waals surface area contributed by atoms with Crippen molar-refractivity contribution in [2.24, 2.45) is 0 Å². The quantitative estimate of drug-likeness (QED) is 0.591. The van der Waals surface area contributed by atoms with Gasteiger partial charge in [-0.15, -0.1) is 0 Å². The zero-order valence-electron chi connectivity index (χ0n) is 15.2. The molecule has 0 aliphatic carbocycles. The summed E-state index contributed by atoms with van der Waals surface area (Å²) in [4.78, 5) is 17.0. The van der Waals surface area contributed by atoms with E-state index in [-0.39, 0.29) is 11.7 Å². The molecule has 0 radical (unpaired) electrons. The van der Waals surface area contributed by atoms with Gasteiger partial charge in [-0.1, -0.05) is 41.6 Å². The van der Waals surface area contributed by atoms with Crippen LogP contribution in [0.2, 0.25) is 5.02 Å². The van der Waals surface area contributed by atoms with Gasteiger partial charge >= 0.3 is 0 Å². The molecule has 27 heavy (non-hydrogen) atoms. The number of rotatable bonds is 6. The molecule has 3 rings (SSSR count). The van der Waals surface area contributed by atoms with Gasteiger partial charge in [-0.25, -0.2) is 4.98 Å². The Morgan fingerprint density at radius 2 is 1.89 bits per heavy atom. The summed E-state index contributed by atoms with van der Waals surface area (Å²) in [6, 6.07) is 13.2. The number of halogens is 1. The number of nitrogens with zero attached hydrogens (tertiary/aromatic N) is 1. The number of carbonyl (C=O) groups excluding carboxylic acids is 1. The van der Waals surface area contributed by atoms with Crippen LogP contribution in [0.1, 0.15) is 5.56 Å². The third kappa shape index (κ3) is 4.46. The van der Waals surface area contributed by atoms with Crippen LogP contribution in [0.5, 0.6) is 11.5 Å². The number of hydrogen-bond donors (Lipinski definition) is 1. The first-order valence-electron chi connectivity index (χ1n) is 8.22. The number of thioether (sulfide) groups is 1. The van der Waals surface area contributed by atoms with Gasteiger partial charge in [-0.2, -0.15) is 0 Å². The molecule has 7 heteroatoms. The molecular formula is C20H19ClN2O3S. The maximum absolute atomic E-state index is 12.4. The first-order valence-corrected chi connectivity index (χ1v) is 9.58. The molecule has 0 saturated heterocycles. The summed E-state index contributed by atoms with van der Waals surface area (Å²) in [7, 11) is 3.03. The summed E-state index contributed by atoms with van der Waals surface area (Å²) >= 11 is 7.47. The molecule has 0 spiro atoms. The van der Waals surface area contributed by atoms with Crippen LogP contribution in [0.25, 0.3) is 10.9 Å². The number of aromatic nitrogens is 1. The van der Waals surface area contributed by atoms with E-state index in [1.54, 1.807) is 12.1 Å². The second-order valence-electron chi connectivity index (χ2n) is 5.82. The minimum absolute atomic E-state index is 0.171. The number of carbonyl (C=O) groups is 1. The molecule has 2 aromatic carbocycles. The maximum atomic E-state index is 12.4. The number of anilines is 1. The lowest BCUT2D eigenvalue weighted by atomic mass is 10.1. The van der Waals surface area contributed by atoms with Crippen LogP contribution in [0.3, 0.4) is 0 Å². The maximum Gasteiger partial charge on any atom is 0.234 e. The molecule has 0 aliphatic heterocycles. The van der Waals surface area contributed by atoms with Gasteiger partial charge in [0.15, 0.2) is 0 Å². The monoisotopic (exact) mass is 402 g/mol. The molecule has 5 nitrogen and oxygen atoms in total. The summed E-state index contributed by atoms with van der Waals surface area (Å²) in [5.74, 6) is 0.986. The Balaban J connectivity index is 1.72. The van der Waals surface area contributed by atoms with E-state index in [9.17, 15) is 4.79 Å². The molecule has 0 fully saturated rings. The molecule has 1 N–H and O–H groups in total. The highest BCUT2D eigenvalue weighted by molar-refractivity contribution is 7.99. The van der Waals surface area contributed by atoms with Crippen LogP contribution in [-0.4, -0.2) is 30.9 Å². The fourth-order valence-corrected chi connectivity index (χ4v) is 3.68. The Hall–Kier alpha value is -2.44. The highest BCUT2D eigenvalue weighted by Crippen LogP contribution is 2.36. The average molecular weight is 403 g/mol. The van der Waals surface area contributed by atoms with Crippen molar-refractivity contribution in [2.75, 3.05) is 25.3 Å². The van der Waals surface area contributed by atoms with E-state index in [2.05, 4.69) is 10.3 Å². The molecule has 0 unspecified atom stereocenters. The van der Waals surface area contributed by atoms with Gasteiger partial charge in [0, 0.05) is 17.5 Å². The normalized spacial score (nSPS) is 10.7. The van der Waals surface area contributed by atoms with E-state index in [0.29, 0.717) is 22.2 Å². The molecule has 0 bridgehead atoms. The number of nitrogens with one attached hydrogen (secondary N) is 1. The number of para-hydroxylation sites is 1. The third-order valence-electron chi connectivity index (χ3n) is 4.00. The minimum Gasteiger partial charge on any atom is -0.495 e. The van der Waals surface area contributed by atoms with Crippen molar-refractivity contribution in [3.8, 4) is 11.5 Å². The van der Waals surface area contributed by atoms with E-state index in [1.165, 1.54) is 26.0 Å². The lowest BCUT2D eigenvalue weighted by Crippen LogP contribution is -2.15. The van der Waals surface area contributed by atoms with Crippen molar-refractivity contribution in [1.29, 1.82) is 0 Å². The van der Waals surface area contributed by atoms with Gasteiger partial charge < -0.3 is 14.8 Å². The minimum atomic E-state index is -0.171. The molecule has 0 aliphatic rings. The van der Waals surface area contributed by atoms with Gasteiger partial charge in [0.2, 0.25) is 5.91 Å². The zero-order chi connectivity index (χ0) is 19.4. The van der Waals surface area contributed by atoms with Crippen molar-refractivity contribution in [3.05, 3.63) is 53.1 Å². The lowest BCUT2D eigenvalue weighted by molar-refractivity contribution is -0.113. The van der Waals surface area contributed by atoms with Crippen molar-refractivity contribution in [1.82, 2.24) is 4.98 Å². The number of fused-ring (bicyclic) bond motifs is 1. The van der Waals surface area contributed by atoms with Crippen LogP contribution in [0, 0.1) is 6.92 Å². The standard InChI is InChI=1S/C20H19ClN2O3S/c1-12-8-20(23-15-7-5-4-6-13(12)15)27-11-19(24)22-16-10-17(25-2)14(21)9-18(16)26-3/h4-10H,11H2,1-3H3,(H,22,24). The summed E-state index contributed by atoms with van der Waals surface area (Å²) < 4.78 is 10.5. The van der Waals surface area contributed by atoms with Crippen LogP contribution in [0.15, 0.2) is 47.5 Å². The second-order valence-corrected chi connectivity index (χ2v) is 7.22. The third-order valence-corrected chi connectivity index (χ3v) is 5.21. The Morgan fingerprint density at radius 3 is 2.63 bits per heavy atom. The number of methoxy groups -OCH3 is 2. The van der Waals surface area contributed by atoms with E-state index in [4.69, 9.17) is 21.1 Å². The van der Waals surface area contributed by atoms with Gasteiger partial charge in [0.1, 0.15) is 11.5 Å². The van der Waals surface area contributed by atoms with Crippen LogP contribution in [0.4, 0.5) is 5.69 Å². The SMILES string of the molecule is COc1cc(NC(=O)CSc2cc(C)c3ccccc3n2)c(OC)cc1Cl. The lowest BCUT2D eigenvalue weighted by Gasteiger charge is -2.13. The predicted octanol–water partition coefficient (Wildman–Crippen LogP) is 4.94. The number of hydrogen-bond acceptors (Lipinski definition) is 5. The van der Waals surface area contributed by atoms with Crippen molar-refractivity contribution in [2.45, 2.75) is 11.9 Å². The highest BCUT2D eigenvalue weighted by atomic mass is 35.5. The van der Waals surface area contributed by atoms with E-state index in [1.807, 2.05) is 37.3 Å². The smallest absolute Gasteiger partial charge is 0.234 e. The molecule has 1 heterocycles. The fraction of sp³-hybridized carbons (Fsp3) is 0.200. The van der Waals surface area contributed by atoms with Gasteiger partial charge in [0.25, 0.3) is 0 Å². The largest absolute Gasteiger partial charge is 0.495 e. The first-order chi connectivity index (χ1) is 13.0. The Bertz CT molecular complexity index is 994. The average Bonchev–Trinajstić information content (AvgIpc) is 2.67. The van der Waals surface area contributed by atoms with Gasteiger partial charge in [0.05, 0.1) is 41.2 Å². The molecule has 1 amide bonds. The Morgan fingerprint density at radius 1 is 1.15 bits per heavy atom. The first kappa shape index (κ1) is 19.3. The molecule has 0 atom stereocenters. The summed E-state index contributed by atoms with van der Waals surface area (Å²) in [6.45, 7) is 2.04. The number of aryl methyl sites for hydroxylation is 1. The van der Waals surface area contributed by atoms with Crippen molar-refractivity contribution in [3.63, 3.8) is 0 Å². The van der Waals surface area contributed by atoms with E-state index in [0.717, 1.165) is 21.5 Å². The van der Waals surface area contributed by atoms with E-state index >= 15 is 0 Å².